The molecule has 0 atom stereocenters. The van der Waals surface area contributed by atoms with Crippen molar-refractivity contribution < 1.29 is 13.2 Å². The molecule has 0 aliphatic rings. The summed E-state index contributed by atoms with van der Waals surface area (Å²) < 4.78 is 27.3. The number of carbonyl (C=O) groups excluding carboxylic acids is 1. The Morgan fingerprint density at radius 1 is 1.24 bits per heavy atom. The van der Waals surface area contributed by atoms with E-state index in [2.05, 4.69) is 14.9 Å². The normalized spacial score (nSPS) is 11.7. The van der Waals surface area contributed by atoms with Crippen molar-refractivity contribution in [1.29, 1.82) is 0 Å². The van der Waals surface area contributed by atoms with Gasteiger partial charge in [-0.1, -0.05) is 30.3 Å². The lowest BCUT2D eigenvalue weighted by Gasteiger charge is -2.27. The van der Waals surface area contributed by atoms with Gasteiger partial charge in [-0.05, 0) is 33.3 Å². The molecule has 0 radical (unpaired) electrons. The summed E-state index contributed by atoms with van der Waals surface area (Å²) in [6, 6.07) is 9.55. The highest BCUT2D eigenvalue weighted by Gasteiger charge is 2.25. The number of hydrogen-bond acceptors (Lipinski definition) is 4. The molecule has 2 aromatic rings. The number of hydrogen-bond donors (Lipinski definition) is 2. The Morgan fingerprint density at radius 3 is 2.40 bits per heavy atom. The van der Waals surface area contributed by atoms with E-state index in [1.807, 2.05) is 44.2 Å². The van der Waals surface area contributed by atoms with E-state index in [0.29, 0.717) is 17.9 Å². The van der Waals surface area contributed by atoms with Crippen molar-refractivity contribution in [3.8, 4) is 0 Å². The Labute approximate surface area is 148 Å². The molecule has 2 N–H and O–H groups in total. The van der Waals surface area contributed by atoms with Gasteiger partial charge in [-0.3, -0.25) is 9.89 Å². The van der Waals surface area contributed by atoms with Crippen LogP contribution >= 0.6 is 0 Å². The molecule has 25 heavy (non-hydrogen) atoms. The highest BCUT2D eigenvalue weighted by atomic mass is 32.2. The van der Waals surface area contributed by atoms with Gasteiger partial charge in [-0.2, -0.15) is 5.10 Å². The van der Waals surface area contributed by atoms with Crippen LogP contribution in [0.2, 0.25) is 0 Å². The largest absolute Gasteiger partial charge is 0.335 e. The lowest BCUT2D eigenvalue weighted by atomic mass is 10.2. The first-order chi connectivity index (χ1) is 11.7. The molecule has 7 nitrogen and oxygen atoms in total. The van der Waals surface area contributed by atoms with Gasteiger partial charge in [0.1, 0.15) is 4.90 Å². The van der Waals surface area contributed by atoms with Crippen molar-refractivity contribution >= 4 is 15.9 Å². The van der Waals surface area contributed by atoms with Gasteiger partial charge in [0.15, 0.2) is 0 Å². The molecule has 1 aromatic heterocycles. The van der Waals surface area contributed by atoms with Crippen LogP contribution in [0.15, 0.2) is 35.2 Å². The van der Waals surface area contributed by atoms with Crippen molar-refractivity contribution in [2.45, 2.75) is 45.2 Å². The number of H-pyrrole nitrogens is 1. The summed E-state index contributed by atoms with van der Waals surface area (Å²) in [6.07, 6.45) is 0. The van der Waals surface area contributed by atoms with Gasteiger partial charge >= 0.3 is 0 Å². The molecule has 0 aliphatic carbocycles. The van der Waals surface area contributed by atoms with E-state index in [4.69, 9.17) is 0 Å². The molecular weight excluding hydrogens is 340 g/mol. The number of aryl methyl sites for hydroxylation is 2. The van der Waals surface area contributed by atoms with E-state index < -0.39 is 10.0 Å². The van der Waals surface area contributed by atoms with Crippen molar-refractivity contribution in [2.75, 3.05) is 6.54 Å². The van der Waals surface area contributed by atoms with Gasteiger partial charge in [0, 0.05) is 12.6 Å². The molecule has 1 amide bonds. The first kappa shape index (κ1) is 19.1. The molecule has 0 saturated carbocycles. The highest BCUT2D eigenvalue weighted by molar-refractivity contribution is 7.89. The lowest BCUT2D eigenvalue weighted by Crippen LogP contribution is -2.43. The highest BCUT2D eigenvalue weighted by Crippen LogP contribution is 2.16. The Morgan fingerprint density at radius 2 is 1.88 bits per heavy atom. The maximum Gasteiger partial charge on any atom is 0.244 e. The summed E-state index contributed by atoms with van der Waals surface area (Å²) >= 11 is 0. The molecule has 0 unspecified atom stereocenters. The van der Waals surface area contributed by atoms with E-state index in [9.17, 15) is 13.2 Å². The van der Waals surface area contributed by atoms with Gasteiger partial charge in [0.05, 0.1) is 17.9 Å². The van der Waals surface area contributed by atoms with Crippen LogP contribution in [0.5, 0.6) is 0 Å². The van der Waals surface area contributed by atoms with Crippen LogP contribution in [0.1, 0.15) is 30.8 Å². The van der Waals surface area contributed by atoms with Crippen LogP contribution in [0.25, 0.3) is 0 Å². The summed E-state index contributed by atoms with van der Waals surface area (Å²) in [5, 5.41) is 6.53. The zero-order valence-electron chi connectivity index (χ0n) is 14.9. The lowest BCUT2D eigenvalue weighted by molar-refractivity contribution is -0.132. The molecule has 136 valence electrons. The van der Waals surface area contributed by atoms with Gasteiger partial charge in [0.2, 0.25) is 15.9 Å². The summed E-state index contributed by atoms with van der Waals surface area (Å²) in [6.45, 7) is 7.18. The number of aromatic amines is 1. The van der Waals surface area contributed by atoms with Gasteiger partial charge in [0.25, 0.3) is 0 Å². The fourth-order valence-corrected chi connectivity index (χ4v) is 3.95. The van der Waals surface area contributed by atoms with Crippen LogP contribution in [0, 0.1) is 13.8 Å². The standard InChI is InChI=1S/C17H24N4O3S/c1-12(2)21(11-15-8-6-5-7-9-15)16(22)10-18-25(23,24)17-13(3)19-20-14(17)4/h5-9,12,18H,10-11H2,1-4H3,(H,19,20). The minimum Gasteiger partial charge on any atom is -0.335 e. The summed E-state index contributed by atoms with van der Waals surface area (Å²) in [5.41, 5.74) is 1.82. The number of rotatable bonds is 7. The van der Waals surface area contributed by atoms with E-state index in [1.165, 1.54) is 0 Å². The number of amides is 1. The van der Waals surface area contributed by atoms with Gasteiger partial charge in [-0.25, -0.2) is 13.1 Å². The van der Waals surface area contributed by atoms with Crippen LogP contribution in [-0.2, 0) is 21.4 Å². The number of sulfonamides is 1. The molecule has 1 heterocycles. The Kier molecular flexibility index (Phi) is 5.97. The average Bonchev–Trinajstić information content (AvgIpc) is 2.90. The average molecular weight is 364 g/mol. The molecule has 0 saturated heterocycles. The number of carbonyl (C=O) groups is 1. The summed E-state index contributed by atoms with van der Waals surface area (Å²) in [5.74, 6) is -0.277. The van der Waals surface area contributed by atoms with E-state index in [1.54, 1.807) is 18.7 Å². The van der Waals surface area contributed by atoms with Crippen LogP contribution in [-0.4, -0.2) is 42.0 Å². The van der Waals surface area contributed by atoms with Gasteiger partial charge < -0.3 is 4.90 Å². The maximum atomic E-state index is 12.6. The number of aromatic nitrogens is 2. The maximum absolute atomic E-state index is 12.6. The van der Waals surface area contributed by atoms with Crippen molar-refractivity contribution in [1.82, 2.24) is 19.8 Å². The molecule has 2 rings (SSSR count). The monoisotopic (exact) mass is 364 g/mol. The zero-order valence-corrected chi connectivity index (χ0v) is 15.7. The third kappa shape index (κ3) is 4.67. The Balaban J connectivity index is 2.09. The topological polar surface area (TPSA) is 95.2 Å². The second kappa shape index (κ2) is 7.79. The number of benzene rings is 1. The van der Waals surface area contributed by atoms with Gasteiger partial charge in [-0.15, -0.1) is 0 Å². The predicted octanol–water partition coefficient (Wildman–Crippen LogP) is 1.74. The molecule has 0 spiro atoms. The summed E-state index contributed by atoms with van der Waals surface area (Å²) in [4.78, 5) is 14.3. The van der Waals surface area contributed by atoms with Crippen molar-refractivity contribution in [3.05, 3.63) is 47.3 Å². The third-order valence-corrected chi connectivity index (χ3v) is 5.55. The molecule has 0 aliphatic heterocycles. The Bertz CT molecular complexity index is 809. The Hall–Kier alpha value is -2.19. The predicted molar refractivity (Wildman–Crippen MR) is 95.4 cm³/mol. The summed E-state index contributed by atoms with van der Waals surface area (Å²) in [7, 11) is -3.80. The quantitative estimate of drug-likeness (QED) is 0.782. The van der Waals surface area contributed by atoms with Crippen LogP contribution < -0.4 is 4.72 Å². The second-order valence-corrected chi connectivity index (χ2v) is 7.89. The SMILES string of the molecule is Cc1n[nH]c(C)c1S(=O)(=O)NCC(=O)N(Cc1ccccc1)C(C)C. The molecular formula is C17H24N4O3S. The molecule has 1 aromatic carbocycles. The minimum atomic E-state index is -3.80. The first-order valence-corrected chi connectivity index (χ1v) is 9.55. The molecule has 0 fully saturated rings. The van der Waals surface area contributed by atoms with Crippen LogP contribution in [0.3, 0.4) is 0 Å². The first-order valence-electron chi connectivity index (χ1n) is 8.07. The van der Waals surface area contributed by atoms with E-state index in [0.717, 1.165) is 5.56 Å². The molecule has 0 bridgehead atoms. The smallest absolute Gasteiger partial charge is 0.244 e. The van der Waals surface area contributed by atoms with Crippen molar-refractivity contribution in [2.24, 2.45) is 0 Å². The number of nitrogens with zero attached hydrogens (tertiary/aromatic N) is 2. The van der Waals surface area contributed by atoms with E-state index in [-0.39, 0.29) is 23.4 Å². The zero-order chi connectivity index (χ0) is 18.6. The fraction of sp³-hybridized carbons (Fsp3) is 0.412. The fourth-order valence-electron chi connectivity index (χ4n) is 2.61. The third-order valence-electron chi connectivity index (χ3n) is 3.88. The van der Waals surface area contributed by atoms with E-state index >= 15 is 0 Å². The number of nitrogens with one attached hydrogen (secondary N) is 2. The van der Waals surface area contributed by atoms with Crippen molar-refractivity contribution in [3.63, 3.8) is 0 Å². The van der Waals surface area contributed by atoms with Crippen LogP contribution in [0.4, 0.5) is 0 Å². The molecule has 8 heteroatoms. The second-order valence-electron chi connectivity index (χ2n) is 6.19. The minimum absolute atomic E-state index is 0.0467.